The molecule has 3 aromatic heterocycles. The lowest BCUT2D eigenvalue weighted by molar-refractivity contribution is -0.192. The van der Waals surface area contributed by atoms with Gasteiger partial charge in [-0.2, -0.15) is 18.4 Å². The highest BCUT2D eigenvalue weighted by Gasteiger charge is 2.38. The number of aryl methyl sites for hydroxylation is 2. The number of benzene rings is 2. The Morgan fingerprint density at radius 1 is 1.07 bits per heavy atom. The normalized spacial score (nSPS) is 11.4. The number of nitrogens with zero attached hydrogens (tertiary/aromatic N) is 4. The van der Waals surface area contributed by atoms with E-state index in [0.29, 0.717) is 12.2 Å². The summed E-state index contributed by atoms with van der Waals surface area (Å²) >= 11 is 0. The van der Waals surface area contributed by atoms with Gasteiger partial charge in [-0.1, -0.05) is 36.4 Å². The maximum Gasteiger partial charge on any atom is 0.490 e. The van der Waals surface area contributed by atoms with Crippen molar-refractivity contribution in [3.8, 4) is 23.0 Å². The third-order valence-corrected chi connectivity index (χ3v) is 6.48. The van der Waals surface area contributed by atoms with Crippen LogP contribution in [0.25, 0.3) is 38.8 Å². The summed E-state index contributed by atoms with van der Waals surface area (Å²) < 4.78 is 37.6. The molecule has 0 unspecified atom stereocenters. The molecule has 0 amide bonds. The van der Waals surface area contributed by atoms with Crippen LogP contribution < -0.4 is 16.7 Å². The Balaban J connectivity index is 0.000000493. The van der Waals surface area contributed by atoms with Crippen molar-refractivity contribution in [1.29, 1.82) is 5.26 Å². The van der Waals surface area contributed by atoms with Gasteiger partial charge in [0.05, 0.1) is 11.4 Å². The highest BCUT2D eigenvalue weighted by molar-refractivity contribution is 5.98. The first kappa shape index (κ1) is 29.2. The second-order valence-electron chi connectivity index (χ2n) is 9.19. The molecule has 0 radical (unpaired) electrons. The molecule has 0 saturated heterocycles. The van der Waals surface area contributed by atoms with Gasteiger partial charge in [-0.05, 0) is 25.1 Å². The molecule has 214 valence electrons. The van der Waals surface area contributed by atoms with Gasteiger partial charge in [0.15, 0.2) is 0 Å². The summed E-state index contributed by atoms with van der Waals surface area (Å²) in [6, 6.07) is 18.3. The van der Waals surface area contributed by atoms with Crippen LogP contribution in [-0.4, -0.2) is 55.6 Å². The molecule has 10 nitrogen and oxygen atoms in total. The second kappa shape index (κ2) is 12.2. The summed E-state index contributed by atoms with van der Waals surface area (Å²) in [5.41, 5.74) is 9.76. The van der Waals surface area contributed by atoms with Crippen LogP contribution in [0, 0.1) is 11.3 Å². The molecule has 2 aromatic carbocycles. The number of H-pyrrole nitrogens is 1. The maximum absolute atomic E-state index is 13.2. The first-order valence-electron chi connectivity index (χ1n) is 12.7. The van der Waals surface area contributed by atoms with Crippen LogP contribution >= 0.6 is 0 Å². The molecule has 0 spiro atoms. The van der Waals surface area contributed by atoms with Gasteiger partial charge < -0.3 is 25.3 Å². The number of nitrogens with one attached hydrogen (secondary N) is 2. The predicted molar refractivity (Wildman–Crippen MR) is 149 cm³/mol. The Morgan fingerprint density at radius 3 is 2.34 bits per heavy atom. The van der Waals surface area contributed by atoms with Gasteiger partial charge >= 0.3 is 17.8 Å². The standard InChI is InChI=1S/C26H27N7O.C2HF3O2/c1-31-17-24(19-8-3-4-9-22(19)31)33-25(21(15-28)30-26(33)34)20-16-32(14-6-12-29-13-11-27)23-10-5-2-7-18(20)23;3-2(4,5)1(6)7/h2-5,7-10,16-17,29H,6,11-14,27H2,1H3,(H,30,34);(H,6,7). The van der Waals surface area contributed by atoms with Gasteiger partial charge in [0.25, 0.3) is 0 Å². The molecule has 13 heteroatoms. The van der Waals surface area contributed by atoms with Gasteiger partial charge in [0, 0.05) is 66.4 Å². The summed E-state index contributed by atoms with van der Waals surface area (Å²) in [7, 11) is 1.96. The van der Waals surface area contributed by atoms with Gasteiger partial charge in [-0.15, -0.1) is 0 Å². The van der Waals surface area contributed by atoms with Crippen molar-refractivity contribution in [2.45, 2.75) is 19.1 Å². The zero-order chi connectivity index (χ0) is 29.7. The van der Waals surface area contributed by atoms with E-state index in [1.165, 1.54) is 0 Å². The minimum atomic E-state index is -5.08. The number of carbonyl (C=O) groups is 1. The van der Waals surface area contributed by atoms with E-state index in [1.54, 1.807) is 4.57 Å². The third-order valence-electron chi connectivity index (χ3n) is 6.48. The summed E-state index contributed by atoms with van der Waals surface area (Å²) in [4.78, 5) is 24.9. The maximum atomic E-state index is 13.2. The number of hydrogen-bond acceptors (Lipinski definition) is 5. The highest BCUT2D eigenvalue weighted by Crippen LogP contribution is 2.35. The molecule has 0 saturated carbocycles. The quantitative estimate of drug-likeness (QED) is 0.210. The fourth-order valence-corrected chi connectivity index (χ4v) is 4.72. The summed E-state index contributed by atoms with van der Waals surface area (Å²) in [5.74, 6) is -2.76. The fourth-order valence-electron chi connectivity index (χ4n) is 4.72. The lowest BCUT2D eigenvalue weighted by atomic mass is 10.1. The number of carboxylic acids is 1. The number of halogens is 3. The molecular formula is C28H28F3N7O3. The molecule has 0 aliphatic carbocycles. The first-order chi connectivity index (χ1) is 19.6. The number of carboxylic acid groups (broad SMARTS) is 1. The average Bonchev–Trinajstić information content (AvgIpc) is 3.59. The largest absolute Gasteiger partial charge is 0.490 e. The van der Waals surface area contributed by atoms with Crippen LogP contribution in [0.2, 0.25) is 0 Å². The second-order valence-corrected chi connectivity index (χ2v) is 9.19. The number of fused-ring (bicyclic) bond motifs is 2. The Labute approximate surface area is 232 Å². The molecule has 0 aliphatic rings. The highest BCUT2D eigenvalue weighted by atomic mass is 19.4. The Hall–Kier alpha value is -4.80. The van der Waals surface area contributed by atoms with Crippen molar-refractivity contribution < 1.29 is 23.1 Å². The summed E-state index contributed by atoms with van der Waals surface area (Å²) in [5, 5.41) is 22.3. The Bertz CT molecular complexity index is 1790. The number of imidazole rings is 1. The number of hydrogen-bond donors (Lipinski definition) is 4. The first-order valence-corrected chi connectivity index (χ1v) is 12.7. The van der Waals surface area contributed by atoms with E-state index in [2.05, 4.69) is 33.2 Å². The van der Waals surface area contributed by atoms with Crippen LogP contribution in [0.5, 0.6) is 0 Å². The smallest absolute Gasteiger partial charge is 0.475 e. The molecule has 0 fully saturated rings. The minimum Gasteiger partial charge on any atom is -0.475 e. The summed E-state index contributed by atoms with van der Waals surface area (Å²) in [6.07, 6.45) is -0.155. The summed E-state index contributed by atoms with van der Waals surface area (Å²) in [6.45, 7) is 3.09. The number of alkyl halides is 3. The van der Waals surface area contributed by atoms with Crippen molar-refractivity contribution in [2.75, 3.05) is 19.6 Å². The number of para-hydroxylation sites is 2. The van der Waals surface area contributed by atoms with Crippen LogP contribution in [0.4, 0.5) is 13.2 Å². The van der Waals surface area contributed by atoms with Crippen molar-refractivity contribution in [1.82, 2.24) is 24.0 Å². The third kappa shape index (κ3) is 6.03. The molecule has 0 atom stereocenters. The van der Waals surface area contributed by atoms with Crippen molar-refractivity contribution >= 4 is 27.8 Å². The average molecular weight is 568 g/mol. The number of nitrogens with two attached hydrogens (primary N) is 1. The number of aromatic nitrogens is 4. The number of aromatic amines is 1. The molecule has 5 aromatic rings. The molecule has 5 N–H and O–H groups in total. The van der Waals surface area contributed by atoms with Crippen LogP contribution in [-0.2, 0) is 18.4 Å². The van der Waals surface area contributed by atoms with Crippen LogP contribution in [0.3, 0.4) is 0 Å². The van der Waals surface area contributed by atoms with Crippen molar-refractivity contribution in [3.63, 3.8) is 0 Å². The minimum absolute atomic E-state index is 0.255. The van der Waals surface area contributed by atoms with E-state index < -0.39 is 12.1 Å². The Kier molecular flexibility index (Phi) is 8.65. The molecular weight excluding hydrogens is 539 g/mol. The van der Waals surface area contributed by atoms with E-state index in [0.717, 1.165) is 59.1 Å². The monoisotopic (exact) mass is 567 g/mol. The lowest BCUT2D eigenvalue weighted by Gasteiger charge is -2.07. The number of aliphatic carboxylic acids is 1. The number of nitriles is 1. The SMILES string of the molecule is Cn1cc(-n2c(-c3cn(CCCNCCN)c4ccccc34)c(C#N)[nH]c2=O)c2ccccc21.O=C(O)C(F)(F)F. The van der Waals surface area contributed by atoms with Gasteiger partial charge in [0.2, 0.25) is 0 Å². The van der Waals surface area contributed by atoms with E-state index in [1.807, 2.05) is 60.3 Å². The van der Waals surface area contributed by atoms with E-state index in [9.17, 15) is 23.2 Å². The van der Waals surface area contributed by atoms with Gasteiger partial charge in [-0.3, -0.25) is 9.55 Å². The van der Waals surface area contributed by atoms with Crippen LogP contribution in [0.1, 0.15) is 12.1 Å². The Morgan fingerprint density at radius 2 is 1.71 bits per heavy atom. The zero-order valence-corrected chi connectivity index (χ0v) is 22.1. The topological polar surface area (TPSA) is 147 Å². The van der Waals surface area contributed by atoms with E-state index in [-0.39, 0.29) is 11.4 Å². The fraction of sp³-hybridized carbons (Fsp3) is 0.250. The van der Waals surface area contributed by atoms with Crippen molar-refractivity contribution in [2.24, 2.45) is 12.8 Å². The molecule has 0 bridgehead atoms. The predicted octanol–water partition coefficient (Wildman–Crippen LogP) is 3.72. The van der Waals surface area contributed by atoms with Crippen molar-refractivity contribution in [3.05, 3.63) is 77.1 Å². The van der Waals surface area contributed by atoms with Crippen LogP contribution in [0.15, 0.2) is 65.7 Å². The van der Waals surface area contributed by atoms with E-state index >= 15 is 0 Å². The lowest BCUT2D eigenvalue weighted by Crippen LogP contribution is -2.24. The molecule has 3 heterocycles. The van der Waals surface area contributed by atoms with Gasteiger partial charge in [0.1, 0.15) is 11.8 Å². The zero-order valence-electron chi connectivity index (χ0n) is 22.1. The molecule has 41 heavy (non-hydrogen) atoms. The number of rotatable bonds is 8. The van der Waals surface area contributed by atoms with E-state index in [4.69, 9.17) is 15.6 Å². The molecule has 5 rings (SSSR count). The molecule has 0 aliphatic heterocycles. The van der Waals surface area contributed by atoms with Gasteiger partial charge in [-0.25, -0.2) is 9.59 Å².